The first-order chi connectivity index (χ1) is 12.8. The Morgan fingerprint density at radius 2 is 1.96 bits per heavy atom. The van der Waals surface area contributed by atoms with Crippen molar-refractivity contribution in [3.8, 4) is 5.75 Å². The van der Waals surface area contributed by atoms with Crippen LogP contribution in [0, 0.1) is 0 Å². The molecule has 158 valence electrons. The predicted molar refractivity (Wildman–Crippen MR) is 124 cm³/mol. The summed E-state index contributed by atoms with van der Waals surface area (Å²) in [6.07, 6.45) is 0.842. The molecular formula is C19H31IN4O3S. The Morgan fingerprint density at radius 1 is 1.29 bits per heavy atom. The molecule has 0 amide bonds. The number of fused-ring (bicyclic) bond motifs is 1. The fourth-order valence-corrected chi connectivity index (χ4v) is 4.87. The molecule has 1 unspecified atom stereocenters. The number of guanidine groups is 1. The fourth-order valence-electron chi connectivity index (χ4n) is 3.60. The third-order valence-corrected chi connectivity index (χ3v) is 6.68. The minimum absolute atomic E-state index is 0. The molecule has 3 rings (SSSR count). The molecule has 2 heterocycles. The van der Waals surface area contributed by atoms with E-state index in [1.54, 1.807) is 7.05 Å². The van der Waals surface area contributed by atoms with Gasteiger partial charge in [-0.3, -0.25) is 9.89 Å². The molecule has 1 aromatic carbocycles. The summed E-state index contributed by atoms with van der Waals surface area (Å²) < 4.78 is 29.1. The number of nitrogens with zero attached hydrogens (tertiary/aromatic N) is 2. The van der Waals surface area contributed by atoms with Crippen LogP contribution in [0.15, 0.2) is 29.3 Å². The lowest BCUT2D eigenvalue weighted by Crippen LogP contribution is -2.48. The van der Waals surface area contributed by atoms with Crippen LogP contribution in [-0.4, -0.2) is 69.6 Å². The summed E-state index contributed by atoms with van der Waals surface area (Å²) in [5, 5.41) is 6.86. The maximum Gasteiger partial charge on any atom is 0.191 e. The number of nitrogens with one attached hydrogen (secondary N) is 2. The van der Waals surface area contributed by atoms with E-state index in [2.05, 4.69) is 40.4 Å². The molecule has 1 aromatic rings. The lowest BCUT2D eigenvalue weighted by Gasteiger charge is -2.38. The monoisotopic (exact) mass is 522 g/mol. The number of ether oxygens (including phenoxy) is 1. The predicted octanol–water partition coefficient (Wildman–Crippen LogP) is 1.80. The molecule has 0 radical (unpaired) electrons. The van der Waals surface area contributed by atoms with Gasteiger partial charge in [-0.15, -0.1) is 24.0 Å². The van der Waals surface area contributed by atoms with Crippen LogP contribution in [0.1, 0.15) is 31.9 Å². The number of para-hydroxylation sites is 1. The summed E-state index contributed by atoms with van der Waals surface area (Å²) in [5.74, 6) is 2.18. The zero-order valence-corrected chi connectivity index (χ0v) is 19.9. The van der Waals surface area contributed by atoms with Crippen LogP contribution in [0.5, 0.6) is 5.75 Å². The van der Waals surface area contributed by atoms with Crippen molar-refractivity contribution in [2.75, 3.05) is 44.7 Å². The number of rotatable bonds is 4. The zero-order chi connectivity index (χ0) is 19.5. The van der Waals surface area contributed by atoms with E-state index in [4.69, 9.17) is 4.74 Å². The molecular weight excluding hydrogens is 491 g/mol. The van der Waals surface area contributed by atoms with Gasteiger partial charge in [-0.1, -0.05) is 18.2 Å². The first-order valence-electron chi connectivity index (χ1n) is 9.46. The number of benzene rings is 1. The number of aliphatic imine (C=N–C) groups is 1. The van der Waals surface area contributed by atoms with Gasteiger partial charge in [0.1, 0.15) is 11.4 Å². The molecule has 2 aliphatic rings. The van der Waals surface area contributed by atoms with Gasteiger partial charge in [0, 0.05) is 45.2 Å². The molecule has 1 fully saturated rings. The van der Waals surface area contributed by atoms with Crippen LogP contribution in [0.4, 0.5) is 0 Å². The van der Waals surface area contributed by atoms with E-state index in [9.17, 15) is 8.42 Å². The molecule has 0 bridgehead atoms. The molecule has 2 N–H and O–H groups in total. The first kappa shape index (κ1) is 23.2. The van der Waals surface area contributed by atoms with E-state index in [1.807, 2.05) is 18.2 Å². The molecule has 1 atom stereocenters. The highest BCUT2D eigenvalue weighted by Crippen LogP contribution is 2.39. The summed E-state index contributed by atoms with van der Waals surface area (Å²) in [6, 6.07) is 8.23. The smallest absolute Gasteiger partial charge is 0.191 e. The molecule has 28 heavy (non-hydrogen) atoms. The van der Waals surface area contributed by atoms with Crippen molar-refractivity contribution >= 4 is 39.8 Å². The second kappa shape index (κ2) is 9.62. The second-order valence-corrected chi connectivity index (χ2v) is 10.1. The Kier molecular flexibility index (Phi) is 7.97. The fraction of sp³-hybridized carbons (Fsp3) is 0.632. The van der Waals surface area contributed by atoms with Crippen molar-refractivity contribution in [1.29, 1.82) is 0 Å². The molecule has 9 heteroatoms. The highest BCUT2D eigenvalue weighted by atomic mass is 127. The quantitative estimate of drug-likeness (QED) is 0.357. The van der Waals surface area contributed by atoms with Gasteiger partial charge in [-0.25, -0.2) is 8.42 Å². The van der Waals surface area contributed by atoms with Crippen LogP contribution >= 0.6 is 24.0 Å². The van der Waals surface area contributed by atoms with Crippen molar-refractivity contribution in [3.63, 3.8) is 0 Å². The summed E-state index contributed by atoms with van der Waals surface area (Å²) in [6.45, 7) is 6.92. The van der Waals surface area contributed by atoms with Crippen molar-refractivity contribution < 1.29 is 13.2 Å². The second-order valence-electron chi connectivity index (χ2n) is 7.79. The number of halogens is 1. The lowest BCUT2D eigenvalue weighted by atomic mass is 9.90. The molecule has 1 saturated heterocycles. The number of hydrogen-bond donors (Lipinski definition) is 2. The van der Waals surface area contributed by atoms with Crippen molar-refractivity contribution in [2.45, 2.75) is 31.9 Å². The van der Waals surface area contributed by atoms with Gasteiger partial charge in [0.25, 0.3) is 0 Å². The van der Waals surface area contributed by atoms with Gasteiger partial charge in [0.05, 0.1) is 17.5 Å². The highest BCUT2D eigenvalue weighted by Gasteiger charge is 2.34. The van der Waals surface area contributed by atoms with Crippen LogP contribution < -0.4 is 15.4 Å². The normalized spacial score (nSPS) is 23.7. The van der Waals surface area contributed by atoms with Crippen LogP contribution in [0.3, 0.4) is 0 Å². The topological polar surface area (TPSA) is 83.0 Å². The summed E-state index contributed by atoms with van der Waals surface area (Å²) in [4.78, 5) is 6.52. The average molecular weight is 522 g/mol. The van der Waals surface area contributed by atoms with Crippen LogP contribution in [0.2, 0.25) is 0 Å². The SMILES string of the molecule is CN=C(NCCN1CCS(=O)(=O)CC1)NC1CC(C)(C)Oc2ccccc21.I. The van der Waals surface area contributed by atoms with E-state index in [0.717, 1.165) is 30.2 Å². The van der Waals surface area contributed by atoms with Gasteiger partial charge < -0.3 is 15.4 Å². The first-order valence-corrected chi connectivity index (χ1v) is 11.3. The van der Waals surface area contributed by atoms with E-state index in [0.29, 0.717) is 19.6 Å². The van der Waals surface area contributed by atoms with E-state index >= 15 is 0 Å². The minimum atomic E-state index is -2.83. The van der Waals surface area contributed by atoms with Crippen LogP contribution in [0.25, 0.3) is 0 Å². The molecule has 0 aliphatic carbocycles. The summed E-state index contributed by atoms with van der Waals surface area (Å²) in [7, 11) is -1.07. The van der Waals surface area contributed by atoms with Gasteiger partial charge in [0.15, 0.2) is 15.8 Å². The summed E-state index contributed by atoms with van der Waals surface area (Å²) in [5.41, 5.74) is 0.894. The van der Waals surface area contributed by atoms with Gasteiger partial charge >= 0.3 is 0 Å². The van der Waals surface area contributed by atoms with Crippen LogP contribution in [-0.2, 0) is 9.84 Å². The van der Waals surface area contributed by atoms with Crippen molar-refractivity contribution in [2.24, 2.45) is 4.99 Å². The third-order valence-electron chi connectivity index (χ3n) is 5.07. The zero-order valence-electron chi connectivity index (χ0n) is 16.8. The van der Waals surface area contributed by atoms with E-state index in [1.165, 1.54) is 0 Å². The largest absolute Gasteiger partial charge is 0.487 e. The van der Waals surface area contributed by atoms with Gasteiger partial charge in [0.2, 0.25) is 0 Å². The van der Waals surface area contributed by atoms with E-state index in [-0.39, 0.29) is 47.1 Å². The third kappa shape index (κ3) is 6.21. The molecule has 0 aromatic heterocycles. The Labute approximate surface area is 185 Å². The molecule has 2 aliphatic heterocycles. The lowest BCUT2D eigenvalue weighted by molar-refractivity contribution is 0.0694. The Hall–Kier alpha value is -1.07. The Bertz CT molecular complexity index is 784. The van der Waals surface area contributed by atoms with Gasteiger partial charge in [-0.05, 0) is 19.9 Å². The summed E-state index contributed by atoms with van der Waals surface area (Å²) >= 11 is 0. The number of hydrogen-bond acceptors (Lipinski definition) is 5. The Balaban J connectivity index is 0.00000280. The average Bonchev–Trinajstić information content (AvgIpc) is 2.61. The molecule has 0 saturated carbocycles. The maximum absolute atomic E-state index is 11.5. The Morgan fingerprint density at radius 3 is 2.64 bits per heavy atom. The molecule has 7 nitrogen and oxygen atoms in total. The highest BCUT2D eigenvalue weighted by molar-refractivity contribution is 14.0. The van der Waals surface area contributed by atoms with E-state index < -0.39 is 9.84 Å². The van der Waals surface area contributed by atoms with Gasteiger partial charge in [-0.2, -0.15) is 0 Å². The standard InChI is InChI=1S/C19H30N4O3S.HI/c1-19(2)14-16(15-6-4-5-7-17(15)26-19)22-18(20-3)21-8-9-23-10-12-27(24,25)13-11-23;/h4-7,16H,8-14H2,1-3H3,(H2,20,21,22);1H. The maximum atomic E-state index is 11.5. The van der Waals surface area contributed by atoms with Crippen molar-refractivity contribution in [1.82, 2.24) is 15.5 Å². The number of sulfone groups is 1. The van der Waals surface area contributed by atoms with Crippen molar-refractivity contribution in [3.05, 3.63) is 29.8 Å². The minimum Gasteiger partial charge on any atom is -0.487 e. The molecule has 0 spiro atoms.